The summed E-state index contributed by atoms with van der Waals surface area (Å²) >= 11 is 6.12. The van der Waals surface area contributed by atoms with Gasteiger partial charge in [-0.2, -0.15) is 5.26 Å². The summed E-state index contributed by atoms with van der Waals surface area (Å²) in [6.45, 7) is 3.26. The van der Waals surface area contributed by atoms with Crippen LogP contribution in [0.2, 0.25) is 5.02 Å². The van der Waals surface area contributed by atoms with E-state index >= 15 is 0 Å². The predicted octanol–water partition coefficient (Wildman–Crippen LogP) is 4.22. The van der Waals surface area contributed by atoms with Crippen LogP contribution in [0.3, 0.4) is 0 Å². The van der Waals surface area contributed by atoms with Gasteiger partial charge in [0, 0.05) is 6.54 Å². The minimum Gasteiger partial charge on any atom is -0.494 e. The molecule has 4 heteroatoms. The third-order valence-electron chi connectivity index (χ3n) is 2.79. The lowest BCUT2D eigenvalue weighted by Gasteiger charge is -2.10. The molecule has 0 heterocycles. The molecule has 2 aromatic carbocycles. The van der Waals surface area contributed by atoms with Gasteiger partial charge in [-0.05, 0) is 42.8 Å². The number of hydrogen-bond donors (Lipinski definition) is 1. The van der Waals surface area contributed by atoms with Crippen molar-refractivity contribution < 1.29 is 4.74 Å². The Morgan fingerprint density at radius 2 is 2.10 bits per heavy atom. The molecule has 0 aliphatic carbocycles. The Balaban J connectivity index is 2.05. The standard InChI is InChI=1S/C16H15ClN2O/c1-2-20-14-5-3-4-13(8-14)11-19-16-7-6-12(10-18)9-15(16)17/h3-9,19H,2,11H2,1H3. The third-order valence-corrected chi connectivity index (χ3v) is 3.10. The van der Waals surface area contributed by atoms with Gasteiger partial charge in [0.1, 0.15) is 5.75 Å². The first-order chi connectivity index (χ1) is 9.72. The normalized spacial score (nSPS) is 9.85. The van der Waals surface area contributed by atoms with Crippen molar-refractivity contribution >= 4 is 17.3 Å². The summed E-state index contributed by atoms with van der Waals surface area (Å²) in [5.74, 6) is 0.859. The van der Waals surface area contributed by atoms with Crippen LogP contribution in [0.15, 0.2) is 42.5 Å². The number of rotatable bonds is 5. The molecule has 0 radical (unpaired) electrons. The minimum atomic E-state index is 0.546. The minimum absolute atomic E-state index is 0.546. The number of nitrogens with one attached hydrogen (secondary N) is 1. The lowest BCUT2D eigenvalue weighted by Crippen LogP contribution is -2.01. The van der Waals surface area contributed by atoms with Crippen LogP contribution in [0, 0.1) is 11.3 Å². The Bertz CT molecular complexity index is 635. The van der Waals surface area contributed by atoms with Gasteiger partial charge in [0.15, 0.2) is 0 Å². The summed E-state index contributed by atoms with van der Waals surface area (Å²) in [6.07, 6.45) is 0. The van der Waals surface area contributed by atoms with E-state index in [9.17, 15) is 0 Å². The maximum Gasteiger partial charge on any atom is 0.119 e. The second-order valence-electron chi connectivity index (χ2n) is 4.24. The largest absolute Gasteiger partial charge is 0.494 e. The van der Waals surface area contributed by atoms with E-state index in [0.717, 1.165) is 17.0 Å². The molecule has 2 rings (SSSR count). The Morgan fingerprint density at radius 1 is 1.25 bits per heavy atom. The summed E-state index contributed by atoms with van der Waals surface area (Å²) in [5.41, 5.74) is 2.47. The van der Waals surface area contributed by atoms with Crippen LogP contribution in [0.1, 0.15) is 18.1 Å². The van der Waals surface area contributed by atoms with Gasteiger partial charge in [-0.25, -0.2) is 0 Å². The van der Waals surface area contributed by atoms with Crippen molar-refractivity contribution in [3.8, 4) is 11.8 Å². The first-order valence-corrected chi connectivity index (χ1v) is 6.76. The molecule has 0 aromatic heterocycles. The second-order valence-corrected chi connectivity index (χ2v) is 4.65. The fraction of sp³-hybridized carbons (Fsp3) is 0.188. The third kappa shape index (κ3) is 3.66. The highest BCUT2D eigenvalue weighted by Crippen LogP contribution is 2.23. The summed E-state index contributed by atoms with van der Waals surface area (Å²) in [7, 11) is 0. The number of benzene rings is 2. The van der Waals surface area contributed by atoms with E-state index in [1.54, 1.807) is 12.1 Å². The van der Waals surface area contributed by atoms with Crippen LogP contribution >= 0.6 is 11.6 Å². The molecule has 0 saturated heterocycles. The fourth-order valence-corrected chi connectivity index (χ4v) is 2.08. The van der Waals surface area contributed by atoms with E-state index < -0.39 is 0 Å². The molecule has 0 aliphatic heterocycles. The van der Waals surface area contributed by atoms with E-state index in [1.807, 2.05) is 37.3 Å². The molecular formula is C16H15ClN2O. The van der Waals surface area contributed by atoms with E-state index in [-0.39, 0.29) is 0 Å². The van der Waals surface area contributed by atoms with Crippen LogP contribution in [-0.4, -0.2) is 6.61 Å². The van der Waals surface area contributed by atoms with Gasteiger partial charge in [-0.15, -0.1) is 0 Å². The molecule has 0 bridgehead atoms. The zero-order valence-corrected chi connectivity index (χ0v) is 11.9. The van der Waals surface area contributed by atoms with Crippen molar-refractivity contribution in [1.29, 1.82) is 5.26 Å². The highest BCUT2D eigenvalue weighted by atomic mass is 35.5. The maximum atomic E-state index is 8.80. The van der Waals surface area contributed by atoms with Gasteiger partial charge in [-0.3, -0.25) is 0 Å². The van der Waals surface area contributed by atoms with Crippen LogP contribution in [0.4, 0.5) is 5.69 Å². The predicted molar refractivity (Wildman–Crippen MR) is 81.1 cm³/mol. The van der Waals surface area contributed by atoms with Crippen molar-refractivity contribution in [2.75, 3.05) is 11.9 Å². The first-order valence-electron chi connectivity index (χ1n) is 6.38. The monoisotopic (exact) mass is 286 g/mol. The molecule has 20 heavy (non-hydrogen) atoms. The molecule has 1 N–H and O–H groups in total. The Morgan fingerprint density at radius 3 is 2.80 bits per heavy atom. The zero-order valence-electron chi connectivity index (χ0n) is 11.2. The van der Waals surface area contributed by atoms with E-state index in [2.05, 4.69) is 11.4 Å². The quantitative estimate of drug-likeness (QED) is 0.895. The maximum absolute atomic E-state index is 8.80. The van der Waals surface area contributed by atoms with Gasteiger partial charge < -0.3 is 10.1 Å². The molecule has 3 nitrogen and oxygen atoms in total. The molecule has 0 fully saturated rings. The Kier molecular flexibility index (Phi) is 4.86. The SMILES string of the molecule is CCOc1cccc(CNc2ccc(C#N)cc2Cl)c1. The summed E-state index contributed by atoms with van der Waals surface area (Å²) < 4.78 is 5.46. The topological polar surface area (TPSA) is 45.0 Å². The van der Waals surface area contributed by atoms with E-state index in [0.29, 0.717) is 23.7 Å². The molecule has 0 atom stereocenters. The molecular weight excluding hydrogens is 272 g/mol. The van der Waals surface area contributed by atoms with Crippen molar-refractivity contribution in [2.24, 2.45) is 0 Å². The van der Waals surface area contributed by atoms with E-state index in [1.165, 1.54) is 0 Å². The number of ether oxygens (including phenoxy) is 1. The average Bonchev–Trinajstić information content (AvgIpc) is 2.46. The molecule has 0 unspecified atom stereocenters. The number of hydrogen-bond acceptors (Lipinski definition) is 3. The highest BCUT2D eigenvalue weighted by Gasteiger charge is 2.02. The van der Waals surface area contributed by atoms with Crippen molar-refractivity contribution in [3.63, 3.8) is 0 Å². The van der Waals surface area contributed by atoms with Crippen molar-refractivity contribution in [3.05, 3.63) is 58.6 Å². The van der Waals surface area contributed by atoms with Gasteiger partial charge in [0.2, 0.25) is 0 Å². The summed E-state index contributed by atoms with van der Waals surface area (Å²) in [5, 5.41) is 12.6. The summed E-state index contributed by atoms with van der Waals surface area (Å²) in [6, 6.07) is 15.2. The van der Waals surface area contributed by atoms with Crippen LogP contribution in [0.5, 0.6) is 5.75 Å². The molecule has 0 aliphatic rings. The van der Waals surface area contributed by atoms with Gasteiger partial charge in [0.05, 0.1) is 28.9 Å². The zero-order chi connectivity index (χ0) is 14.4. The van der Waals surface area contributed by atoms with Crippen molar-refractivity contribution in [1.82, 2.24) is 0 Å². The second kappa shape index (κ2) is 6.83. The van der Waals surface area contributed by atoms with Crippen LogP contribution < -0.4 is 10.1 Å². The van der Waals surface area contributed by atoms with Crippen LogP contribution in [0.25, 0.3) is 0 Å². The highest BCUT2D eigenvalue weighted by molar-refractivity contribution is 6.33. The van der Waals surface area contributed by atoms with Gasteiger partial charge in [-0.1, -0.05) is 23.7 Å². The lowest BCUT2D eigenvalue weighted by atomic mass is 10.2. The number of nitrogens with zero attached hydrogens (tertiary/aromatic N) is 1. The number of halogens is 1. The Labute approximate surface area is 123 Å². The fourth-order valence-electron chi connectivity index (χ4n) is 1.84. The Hall–Kier alpha value is -2.18. The molecule has 0 saturated carbocycles. The van der Waals surface area contributed by atoms with Crippen LogP contribution in [-0.2, 0) is 6.54 Å². The molecule has 2 aromatic rings. The summed E-state index contributed by atoms with van der Waals surface area (Å²) in [4.78, 5) is 0. The average molecular weight is 287 g/mol. The first kappa shape index (κ1) is 14.2. The van der Waals surface area contributed by atoms with Gasteiger partial charge in [0.25, 0.3) is 0 Å². The van der Waals surface area contributed by atoms with E-state index in [4.69, 9.17) is 21.6 Å². The number of anilines is 1. The lowest BCUT2D eigenvalue weighted by molar-refractivity contribution is 0.340. The number of nitriles is 1. The molecule has 0 spiro atoms. The van der Waals surface area contributed by atoms with Gasteiger partial charge >= 0.3 is 0 Å². The van der Waals surface area contributed by atoms with Crippen molar-refractivity contribution in [2.45, 2.75) is 13.5 Å². The molecule has 0 amide bonds. The smallest absolute Gasteiger partial charge is 0.119 e. The molecule has 102 valence electrons.